The minimum absolute atomic E-state index is 0.0721. The van der Waals surface area contributed by atoms with Gasteiger partial charge in [0.25, 0.3) is 10.0 Å². The van der Waals surface area contributed by atoms with Crippen molar-refractivity contribution in [3.8, 4) is 0 Å². The lowest BCUT2D eigenvalue weighted by molar-refractivity contribution is -0.140. The first-order chi connectivity index (χ1) is 19.3. The third-order valence-electron chi connectivity index (χ3n) is 6.24. The van der Waals surface area contributed by atoms with E-state index in [4.69, 9.17) is 46.4 Å². The van der Waals surface area contributed by atoms with E-state index in [1.165, 1.54) is 41.3 Å². The summed E-state index contributed by atoms with van der Waals surface area (Å²) >= 11 is 25.1. The summed E-state index contributed by atoms with van der Waals surface area (Å²) in [5, 5.41) is 4.14. The fourth-order valence-corrected chi connectivity index (χ4v) is 6.32. The lowest BCUT2D eigenvalue weighted by atomic mass is 10.1. The molecule has 0 aliphatic heterocycles. The molecule has 7 nitrogen and oxygen atoms in total. The highest BCUT2D eigenvalue weighted by atomic mass is 35.5. The highest BCUT2D eigenvalue weighted by Gasteiger charge is 2.34. The number of hydrogen-bond donors (Lipinski definition) is 1. The zero-order valence-electron chi connectivity index (χ0n) is 22.8. The van der Waals surface area contributed by atoms with E-state index < -0.39 is 28.5 Å². The van der Waals surface area contributed by atoms with Gasteiger partial charge in [0.1, 0.15) is 12.6 Å². The Morgan fingerprint density at radius 1 is 0.878 bits per heavy atom. The van der Waals surface area contributed by atoms with Crippen molar-refractivity contribution in [1.82, 2.24) is 10.2 Å². The number of nitrogens with zero attached hydrogens (tertiary/aromatic N) is 2. The van der Waals surface area contributed by atoms with E-state index in [-0.39, 0.29) is 40.4 Å². The Bertz CT molecular complexity index is 1460. The van der Waals surface area contributed by atoms with Crippen LogP contribution >= 0.6 is 46.4 Å². The number of sulfonamides is 1. The fraction of sp³-hybridized carbons (Fsp3) is 0.310. The first kappa shape index (κ1) is 33.0. The SMILES string of the molecule is CCC(C(=O)NCC(C)C)N(Cc1c(Cl)cccc1Cl)C(=O)CN(c1cccc(Cl)c1)S(=O)(=O)c1ccc(Cl)cc1. The van der Waals surface area contributed by atoms with Crippen molar-refractivity contribution in [3.63, 3.8) is 0 Å². The number of benzene rings is 3. The third-order valence-corrected chi connectivity index (χ3v) is 9.22. The molecule has 0 radical (unpaired) electrons. The van der Waals surface area contributed by atoms with Gasteiger partial charge in [0.05, 0.1) is 10.6 Å². The molecule has 41 heavy (non-hydrogen) atoms. The van der Waals surface area contributed by atoms with Gasteiger partial charge in [-0.05, 0) is 66.9 Å². The van der Waals surface area contributed by atoms with Crippen LogP contribution in [0.4, 0.5) is 5.69 Å². The van der Waals surface area contributed by atoms with E-state index in [0.717, 1.165) is 4.31 Å². The van der Waals surface area contributed by atoms with Gasteiger partial charge in [0.15, 0.2) is 0 Å². The molecule has 0 bridgehead atoms. The molecule has 3 aromatic rings. The fourth-order valence-electron chi connectivity index (χ4n) is 4.09. The molecule has 0 heterocycles. The number of nitrogens with one attached hydrogen (secondary N) is 1. The predicted molar refractivity (Wildman–Crippen MR) is 166 cm³/mol. The molecule has 0 fully saturated rings. The van der Waals surface area contributed by atoms with Crippen LogP contribution in [-0.2, 0) is 26.2 Å². The largest absolute Gasteiger partial charge is 0.354 e. The van der Waals surface area contributed by atoms with Crippen LogP contribution in [0.1, 0.15) is 32.8 Å². The average Bonchev–Trinajstić information content (AvgIpc) is 2.92. The summed E-state index contributed by atoms with van der Waals surface area (Å²) in [4.78, 5) is 28.7. The lowest BCUT2D eigenvalue weighted by Crippen LogP contribution is -2.52. The van der Waals surface area contributed by atoms with E-state index in [1.807, 2.05) is 13.8 Å². The van der Waals surface area contributed by atoms with Gasteiger partial charge in [-0.1, -0.05) is 79.3 Å². The van der Waals surface area contributed by atoms with E-state index in [0.29, 0.717) is 27.2 Å². The number of halogens is 4. The molecule has 3 rings (SSSR count). The molecule has 220 valence electrons. The number of amides is 2. The topological polar surface area (TPSA) is 86.8 Å². The Morgan fingerprint density at radius 2 is 1.49 bits per heavy atom. The summed E-state index contributed by atoms with van der Waals surface area (Å²) in [6.07, 6.45) is 0.263. The molecular weight excluding hydrogens is 628 g/mol. The maximum Gasteiger partial charge on any atom is 0.264 e. The number of carbonyl (C=O) groups is 2. The minimum Gasteiger partial charge on any atom is -0.354 e. The van der Waals surface area contributed by atoms with Crippen molar-refractivity contribution in [3.05, 3.63) is 92.4 Å². The summed E-state index contributed by atoms with van der Waals surface area (Å²) in [6, 6.07) is 15.8. The summed E-state index contributed by atoms with van der Waals surface area (Å²) in [5.74, 6) is -0.820. The molecule has 0 aliphatic carbocycles. The first-order valence-corrected chi connectivity index (χ1v) is 15.8. The Hall–Kier alpha value is -2.49. The van der Waals surface area contributed by atoms with Crippen LogP contribution in [0.3, 0.4) is 0 Å². The van der Waals surface area contributed by atoms with Crippen molar-refractivity contribution < 1.29 is 18.0 Å². The van der Waals surface area contributed by atoms with E-state index >= 15 is 0 Å². The van der Waals surface area contributed by atoms with Crippen LogP contribution in [0.15, 0.2) is 71.6 Å². The smallest absolute Gasteiger partial charge is 0.264 e. The quantitative estimate of drug-likeness (QED) is 0.225. The molecule has 0 saturated carbocycles. The molecule has 2 amide bonds. The van der Waals surface area contributed by atoms with Crippen LogP contribution in [0.2, 0.25) is 20.1 Å². The Balaban J connectivity index is 2.09. The number of hydrogen-bond acceptors (Lipinski definition) is 4. The van der Waals surface area contributed by atoms with Crippen LogP contribution in [0.5, 0.6) is 0 Å². The van der Waals surface area contributed by atoms with Crippen molar-refractivity contribution in [2.24, 2.45) is 5.92 Å². The Morgan fingerprint density at radius 3 is 2.05 bits per heavy atom. The second-order valence-corrected chi connectivity index (χ2v) is 13.3. The second kappa shape index (κ2) is 14.6. The van der Waals surface area contributed by atoms with Gasteiger partial charge in [-0.15, -0.1) is 0 Å². The molecule has 1 unspecified atom stereocenters. The van der Waals surface area contributed by atoms with Crippen molar-refractivity contribution >= 4 is 73.9 Å². The average molecular weight is 659 g/mol. The monoisotopic (exact) mass is 657 g/mol. The summed E-state index contributed by atoms with van der Waals surface area (Å²) in [7, 11) is -4.26. The van der Waals surface area contributed by atoms with E-state index in [1.54, 1.807) is 37.3 Å². The van der Waals surface area contributed by atoms with E-state index in [9.17, 15) is 18.0 Å². The molecule has 0 aromatic heterocycles. The van der Waals surface area contributed by atoms with Crippen LogP contribution in [-0.4, -0.2) is 44.3 Å². The van der Waals surface area contributed by atoms with Crippen LogP contribution in [0.25, 0.3) is 0 Å². The number of carbonyl (C=O) groups excluding carboxylic acids is 2. The van der Waals surface area contributed by atoms with Gasteiger partial charge in [0, 0.05) is 38.7 Å². The summed E-state index contributed by atoms with van der Waals surface area (Å²) in [5.41, 5.74) is 0.614. The molecule has 12 heteroatoms. The van der Waals surface area contributed by atoms with Gasteiger partial charge >= 0.3 is 0 Å². The molecule has 1 N–H and O–H groups in total. The van der Waals surface area contributed by atoms with E-state index in [2.05, 4.69) is 5.32 Å². The molecule has 0 spiro atoms. The standard InChI is InChI=1S/C29H31Cl4N3O4S/c1-4-27(29(38)34-16-19(2)3)35(17-24-25(32)9-6-10-26(24)33)28(37)18-36(22-8-5-7-21(31)15-22)41(39,40)23-13-11-20(30)12-14-23/h5-15,19,27H,4,16-18H2,1-3H3,(H,34,38). The zero-order chi connectivity index (χ0) is 30.3. The van der Waals surface area contributed by atoms with Gasteiger partial charge < -0.3 is 10.2 Å². The Kier molecular flexibility index (Phi) is 11.8. The van der Waals surface area contributed by atoms with Gasteiger partial charge in [-0.3, -0.25) is 13.9 Å². The molecule has 0 saturated heterocycles. The molecule has 1 atom stereocenters. The molecule has 3 aromatic carbocycles. The summed E-state index contributed by atoms with van der Waals surface area (Å²) in [6.45, 7) is 5.35. The number of rotatable bonds is 12. The van der Waals surface area contributed by atoms with Gasteiger partial charge in [-0.25, -0.2) is 8.42 Å². The van der Waals surface area contributed by atoms with Crippen molar-refractivity contribution in [2.75, 3.05) is 17.4 Å². The predicted octanol–water partition coefficient (Wildman–Crippen LogP) is 7.08. The highest BCUT2D eigenvalue weighted by molar-refractivity contribution is 7.92. The van der Waals surface area contributed by atoms with Crippen molar-refractivity contribution in [1.29, 1.82) is 0 Å². The highest BCUT2D eigenvalue weighted by Crippen LogP contribution is 2.30. The number of anilines is 1. The normalized spacial score (nSPS) is 12.2. The lowest BCUT2D eigenvalue weighted by Gasteiger charge is -2.33. The third kappa shape index (κ3) is 8.52. The van der Waals surface area contributed by atoms with Crippen LogP contribution in [0, 0.1) is 5.92 Å². The van der Waals surface area contributed by atoms with Gasteiger partial charge in [0.2, 0.25) is 11.8 Å². The maximum absolute atomic E-state index is 14.1. The van der Waals surface area contributed by atoms with Gasteiger partial charge in [-0.2, -0.15) is 0 Å². The maximum atomic E-state index is 14.1. The second-order valence-electron chi connectivity index (χ2n) is 9.73. The van der Waals surface area contributed by atoms with Crippen molar-refractivity contribution in [2.45, 2.75) is 44.7 Å². The molecular formula is C29H31Cl4N3O4S. The Labute approximate surface area is 261 Å². The first-order valence-electron chi connectivity index (χ1n) is 12.9. The summed E-state index contributed by atoms with van der Waals surface area (Å²) < 4.78 is 28.7. The van der Waals surface area contributed by atoms with Crippen LogP contribution < -0.4 is 9.62 Å². The zero-order valence-corrected chi connectivity index (χ0v) is 26.6. The minimum atomic E-state index is -4.26. The molecule has 0 aliphatic rings.